The highest BCUT2D eigenvalue weighted by Gasteiger charge is 2.21. The number of rotatable bonds is 4. The van der Waals surface area contributed by atoms with E-state index in [1.807, 2.05) is 19.1 Å². The van der Waals surface area contributed by atoms with Crippen LogP contribution in [-0.2, 0) is 4.79 Å². The molecule has 98 valence electrons. The number of carbonyl (C=O) groups excluding carboxylic acids is 1. The standard InChI is InChI=1S/C14H14IN3O/c1-2-6-18-9-11(7-13(18)19)17-14-10(8-16)4-3-5-12(14)15/h3-5,7,17H,2,6,9H2,1H3. The third kappa shape index (κ3) is 3.07. The van der Waals surface area contributed by atoms with Gasteiger partial charge in [0.25, 0.3) is 0 Å². The lowest BCUT2D eigenvalue weighted by Crippen LogP contribution is -2.27. The fourth-order valence-corrected chi connectivity index (χ4v) is 2.64. The molecule has 0 saturated heterocycles. The molecule has 19 heavy (non-hydrogen) atoms. The number of nitrogens with one attached hydrogen (secondary N) is 1. The second kappa shape index (κ2) is 6.06. The fourth-order valence-electron chi connectivity index (χ4n) is 2.01. The van der Waals surface area contributed by atoms with Crippen molar-refractivity contribution in [2.75, 3.05) is 18.4 Å². The van der Waals surface area contributed by atoms with Crippen molar-refractivity contribution in [1.82, 2.24) is 4.90 Å². The van der Waals surface area contributed by atoms with Crippen LogP contribution >= 0.6 is 22.6 Å². The number of benzene rings is 1. The number of para-hydroxylation sites is 1. The van der Waals surface area contributed by atoms with Gasteiger partial charge in [0.1, 0.15) is 6.07 Å². The highest BCUT2D eigenvalue weighted by Crippen LogP contribution is 2.25. The third-order valence-electron chi connectivity index (χ3n) is 2.88. The molecule has 0 atom stereocenters. The highest BCUT2D eigenvalue weighted by molar-refractivity contribution is 14.1. The minimum atomic E-state index is 0.0359. The number of nitriles is 1. The summed E-state index contributed by atoms with van der Waals surface area (Å²) < 4.78 is 0.971. The van der Waals surface area contributed by atoms with Crippen LogP contribution in [-0.4, -0.2) is 23.9 Å². The summed E-state index contributed by atoms with van der Waals surface area (Å²) in [6, 6.07) is 7.72. The van der Waals surface area contributed by atoms with E-state index in [0.29, 0.717) is 12.1 Å². The van der Waals surface area contributed by atoms with E-state index >= 15 is 0 Å². The molecule has 0 saturated carbocycles. The molecule has 1 aliphatic heterocycles. The minimum absolute atomic E-state index is 0.0359. The van der Waals surface area contributed by atoms with Gasteiger partial charge in [0.05, 0.1) is 17.8 Å². The Morgan fingerprint density at radius 2 is 2.32 bits per heavy atom. The van der Waals surface area contributed by atoms with Crippen molar-refractivity contribution in [2.24, 2.45) is 0 Å². The summed E-state index contributed by atoms with van der Waals surface area (Å²) in [5.41, 5.74) is 2.22. The van der Waals surface area contributed by atoms with Crippen LogP contribution in [0.4, 0.5) is 5.69 Å². The van der Waals surface area contributed by atoms with E-state index < -0.39 is 0 Å². The molecule has 0 radical (unpaired) electrons. The van der Waals surface area contributed by atoms with Crippen LogP contribution in [0.3, 0.4) is 0 Å². The van der Waals surface area contributed by atoms with Gasteiger partial charge < -0.3 is 10.2 Å². The lowest BCUT2D eigenvalue weighted by atomic mass is 10.2. The molecule has 0 bridgehead atoms. The minimum Gasteiger partial charge on any atom is -0.355 e. The SMILES string of the molecule is CCCN1CC(Nc2c(I)cccc2C#N)=CC1=O. The largest absolute Gasteiger partial charge is 0.355 e. The fraction of sp³-hybridized carbons (Fsp3) is 0.286. The maximum atomic E-state index is 11.7. The highest BCUT2D eigenvalue weighted by atomic mass is 127. The van der Waals surface area contributed by atoms with Crippen molar-refractivity contribution >= 4 is 34.2 Å². The van der Waals surface area contributed by atoms with Crippen molar-refractivity contribution in [2.45, 2.75) is 13.3 Å². The predicted octanol–water partition coefficient (Wildman–Crippen LogP) is 2.71. The Morgan fingerprint density at radius 1 is 1.53 bits per heavy atom. The summed E-state index contributed by atoms with van der Waals surface area (Å²) in [5.74, 6) is 0.0359. The molecule has 0 spiro atoms. The summed E-state index contributed by atoms with van der Waals surface area (Å²) in [5, 5.41) is 12.3. The van der Waals surface area contributed by atoms with E-state index in [-0.39, 0.29) is 5.91 Å². The number of hydrogen-bond donors (Lipinski definition) is 1. The predicted molar refractivity (Wildman–Crippen MR) is 82.5 cm³/mol. The van der Waals surface area contributed by atoms with Crippen molar-refractivity contribution < 1.29 is 4.79 Å². The second-order valence-electron chi connectivity index (χ2n) is 4.33. The quantitative estimate of drug-likeness (QED) is 0.833. The van der Waals surface area contributed by atoms with E-state index in [0.717, 1.165) is 27.9 Å². The van der Waals surface area contributed by atoms with E-state index in [9.17, 15) is 4.79 Å². The second-order valence-corrected chi connectivity index (χ2v) is 5.49. The van der Waals surface area contributed by atoms with Crippen molar-refractivity contribution in [3.05, 3.63) is 39.1 Å². The number of amides is 1. The number of nitrogens with zero attached hydrogens (tertiary/aromatic N) is 2. The number of halogens is 1. The molecule has 1 amide bonds. The first-order valence-corrected chi connectivity index (χ1v) is 7.18. The zero-order valence-corrected chi connectivity index (χ0v) is 12.8. The Hall–Kier alpha value is -1.55. The lowest BCUT2D eigenvalue weighted by Gasteiger charge is -2.16. The molecule has 1 aromatic rings. The Labute approximate surface area is 126 Å². The summed E-state index contributed by atoms with van der Waals surface area (Å²) in [6.45, 7) is 3.40. The van der Waals surface area contributed by atoms with Crippen LogP contribution in [0, 0.1) is 14.9 Å². The first-order chi connectivity index (χ1) is 9.15. The van der Waals surface area contributed by atoms with Gasteiger partial charge in [-0.25, -0.2) is 0 Å². The molecule has 5 heteroatoms. The van der Waals surface area contributed by atoms with Gasteiger partial charge in [-0.05, 0) is 41.1 Å². The van der Waals surface area contributed by atoms with Gasteiger partial charge in [0.2, 0.25) is 5.91 Å². The number of hydrogen-bond acceptors (Lipinski definition) is 3. The monoisotopic (exact) mass is 367 g/mol. The number of carbonyl (C=O) groups is 1. The van der Waals surface area contributed by atoms with E-state index in [2.05, 4.69) is 34.0 Å². The summed E-state index contributed by atoms with van der Waals surface area (Å²) in [6.07, 6.45) is 2.55. The van der Waals surface area contributed by atoms with E-state index in [1.54, 1.807) is 17.0 Å². The van der Waals surface area contributed by atoms with Gasteiger partial charge in [-0.1, -0.05) is 13.0 Å². The molecular formula is C14H14IN3O. The molecule has 1 heterocycles. The molecule has 0 unspecified atom stereocenters. The van der Waals surface area contributed by atoms with Gasteiger partial charge in [0.15, 0.2) is 0 Å². The zero-order valence-electron chi connectivity index (χ0n) is 10.6. The molecular weight excluding hydrogens is 353 g/mol. The first kappa shape index (κ1) is 13.9. The topological polar surface area (TPSA) is 56.1 Å². The maximum Gasteiger partial charge on any atom is 0.248 e. The van der Waals surface area contributed by atoms with Gasteiger partial charge in [-0.2, -0.15) is 5.26 Å². The van der Waals surface area contributed by atoms with E-state index in [4.69, 9.17) is 5.26 Å². The average Bonchev–Trinajstić information content (AvgIpc) is 2.73. The van der Waals surface area contributed by atoms with Crippen LogP contribution in [0.15, 0.2) is 30.0 Å². The van der Waals surface area contributed by atoms with Crippen LogP contribution in [0.25, 0.3) is 0 Å². The normalized spacial score (nSPS) is 14.3. The summed E-state index contributed by atoms with van der Waals surface area (Å²) in [4.78, 5) is 13.5. The number of anilines is 1. The summed E-state index contributed by atoms with van der Waals surface area (Å²) >= 11 is 2.18. The van der Waals surface area contributed by atoms with Gasteiger partial charge >= 0.3 is 0 Å². The zero-order chi connectivity index (χ0) is 13.8. The third-order valence-corrected chi connectivity index (χ3v) is 3.78. The molecule has 0 fully saturated rings. The molecule has 1 aromatic carbocycles. The Balaban J connectivity index is 2.18. The Bertz CT molecular complexity index is 575. The van der Waals surface area contributed by atoms with Crippen LogP contribution < -0.4 is 5.32 Å². The molecule has 1 aliphatic rings. The average molecular weight is 367 g/mol. The summed E-state index contributed by atoms with van der Waals surface area (Å²) in [7, 11) is 0. The van der Waals surface area contributed by atoms with Crippen molar-refractivity contribution in [3.63, 3.8) is 0 Å². The maximum absolute atomic E-state index is 11.7. The van der Waals surface area contributed by atoms with Crippen LogP contribution in [0.2, 0.25) is 0 Å². The van der Waals surface area contributed by atoms with Crippen LogP contribution in [0.5, 0.6) is 0 Å². The molecule has 0 aliphatic carbocycles. The smallest absolute Gasteiger partial charge is 0.248 e. The van der Waals surface area contributed by atoms with Crippen molar-refractivity contribution in [1.29, 1.82) is 5.26 Å². The van der Waals surface area contributed by atoms with Gasteiger partial charge in [-0.15, -0.1) is 0 Å². The Kier molecular flexibility index (Phi) is 4.43. The Morgan fingerprint density at radius 3 is 3.00 bits per heavy atom. The molecule has 2 rings (SSSR count). The van der Waals surface area contributed by atoms with Crippen LogP contribution in [0.1, 0.15) is 18.9 Å². The lowest BCUT2D eigenvalue weighted by molar-refractivity contribution is -0.124. The van der Waals surface area contributed by atoms with Crippen molar-refractivity contribution in [3.8, 4) is 6.07 Å². The molecule has 0 aromatic heterocycles. The molecule has 1 N–H and O–H groups in total. The van der Waals surface area contributed by atoms with Gasteiger partial charge in [0, 0.05) is 21.9 Å². The first-order valence-electron chi connectivity index (χ1n) is 6.10. The van der Waals surface area contributed by atoms with E-state index in [1.165, 1.54) is 0 Å². The van der Waals surface area contributed by atoms with Gasteiger partial charge in [-0.3, -0.25) is 4.79 Å². The molecule has 4 nitrogen and oxygen atoms in total.